The van der Waals surface area contributed by atoms with Crippen molar-refractivity contribution in [2.75, 3.05) is 0 Å². The maximum Gasteiger partial charge on any atom is 0.306 e. The predicted molar refractivity (Wildman–Crippen MR) is 119 cm³/mol. The van der Waals surface area contributed by atoms with Crippen LogP contribution in [0, 0.1) is 5.92 Å². The summed E-state index contributed by atoms with van der Waals surface area (Å²) in [5.41, 5.74) is 0. The van der Waals surface area contributed by atoms with E-state index < -0.39 is 0 Å². The number of carbonyl (C=O) groups is 1. The summed E-state index contributed by atoms with van der Waals surface area (Å²) < 4.78 is 5.30. The van der Waals surface area contributed by atoms with E-state index in [1.54, 1.807) is 0 Å². The molecule has 0 aromatic carbocycles. The van der Waals surface area contributed by atoms with Crippen LogP contribution in [0.4, 0.5) is 0 Å². The van der Waals surface area contributed by atoms with Crippen molar-refractivity contribution >= 4 is 5.97 Å². The summed E-state index contributed by atoms with van der Waals surface area (Å²) in [7, 11) is 0. The molecule has 27 heavy (non-hydrogen) atoms. The first-order valence-corrected chi connectivity index (χ1v) is 10.7. The Labute approximate surface area is 167 Å². The SMILES string of the molecule is CC.CC/C=C\C/C=C\C/C=C\C/C=C\C/C=C\CC(C)C1CCC(=O)O1. The third kappa shape index (κ3) is 15.0. The van der Waals surface area contributed by atoms with E-state index in [4.69, 9.17) is 4.74 Å². The summed E-state index contributed by atoms with van der Waals surface area (Å²) in [5.74, 6) is 0.376. The maximum absolute atomic E-state index is 11.1. The van der Waals surface area contributed by atoms with Gasteiger partial charge in [0, 0.05) is 6.42 Å². The van der Waals surface area contributed by atoms with Crippen LogP contribution < -0.4 is 0 Å². The van der Waals surface area contributed by atoms with Crippen molar-refractivity contribution < 1.29 is 9.53 Å². The molecule has 1 saturated heterocycles. The molecule has 0 N–H and O–H groups in total. The van der Waals surface area contributed by atoms with Crippen LogP contribution in [0.5, 0.6) is 0 Å². The average Bonchev–Trinajstić information content (AvgIpc) is 3.13. The van der Waals surface area contributed by atoms with Gasteiger partial charge in [-0.05, 0) is 50.9 Å². The molecule has 0 aliphatic carbocycles. The second-order valence-corrected chi connectivity index (χ2v) is 6.49. The number of hydrogen-bond acceptors (Lipinski definition) is 2. The van der Waals surface area contributed by atoms with Gasteiger partial charge in [0.05, 0.1) is 0 Å². The van der Waals surface area contributed by atoms with Crippen molar-refractivity contribution in [1.82, 2.24) is 0 Å². The zero-order chi connectivity index (χ0) is 20.2. The lowest BCUT2D eigenvalue weighted by atomic mass is 9.98. The Morgan fingerprint density at radius 1 is 0.852 bits per heavy atom. The molecule has 0 bridgehead atoms. The van der Waals surface area contributed by atoms with Gasteiger partial charge in [0.1, 0.15) is 6.10 Å². The summed E-state index contributed by atoms with van der Waals surface area (Å²) in [6.45, 7) is 8.31. The summed E-state index contributed by atoms with van der Waals surface area (Å²) >= 11 is 0. The second-order valence-electron chi connectivity index (χ2n) is 6.49. The van der Waals surface area contributed by atoms with Crippen molar-refractivity contribution in [3.8, 4) is 0 Å². The van der Waals surface area contributed by atoms with Gasteiger partial charge in [-0.1, -0.05) is 88.5 Å². The molecule has 0 aromatic rings. The molecule has 0 aromatic heterocycles. The number of rotatable bonds is 12. The summed E-state index contributed by atoms with van der Waals surface area (Å²) in [5, 5.41) is 0. The maximum atomic E-state index is 11.1. The van der Waals surface area contributed by atoms with Crippen LogP contribution in [0.25, 0.3) is 0 Å². The van der Waals surface area contributed by atoms with E-state index in [1.807, 2.05) is 13.8 Å². The van der Waals surface area contributed by atoms with Crippen LogP contribution in [-0.2, 0) is 9.53 Å². The smallest absolute Gasteiger partial charge is 0.306 e. The Hall–Kier alpha value is -1.83. The van der Waals surface area contributed by atoms with Crippen molar-refractivity contribution in [1.29, 1.82) is 0 Å². The Morgan fingerprint density at radius 2 is 1.30 bits per heavy atom. The highest BCUT2D eigenvalue weighted by molar-refractivity contribution is 5.71. The lowest BCUT2D eigenvalue weighted by molar-refractivity contribution is -0.142. The van der Waals surface area contributed by atoms with Gasteiger partial charge in [0.15, 0.2) is 0 Å². The van der Waals surface area contributed by atoms with E-state index in [0.717, 1.165) is 44.9 Å². The summed E-state index contributed by atoms with van der Waals surface area (Å²) in [6, 6.07) is 0. The van der Waals surface area contributed by atoms with Gasteiger partial charge in [-0.2, -0.15) is 0 Å². The van der Waals surface area contributed by atoms with Crippen LogP contribution >= 0.6 is 0 Å². The van der Waals surface area contributed by atoms with Gasteiger partial charge in [0.2, 0.25) is 0 Å². The third-order valence-corrected chi connectivity index (χ3v) is 4.22. The van der Waals surface area contributed by atoms with E-state index in [-0.39, 0.29) is 12.1 Å². The van der Waals surface area contributed by atoms with Crippen molar-refractivity contribution in [3.05, 3.63) is 60.8 Å². The Kier molecular flexibility index (Phi) is 17.7. The minimum atomic E-state index is -0.0411. The molecular formula is C25H40O2. The summed E-state index contributed by atoms with van der Waals surface area (Å²) in [6.07, 6.45) is 29.7. The first-order valence-electron chi connectivity index (χ1n) is 10.7. The van der Waals surface area contributed by atoms with E-state index >= 15 is 0 Å². The predicted octanol–water partition coefficient (Wildman–Crippen LogP) is 7.50. The normalized spacial score (nSPS) is 18.8. The highest BCUT2D eigenvalue weighted by atomic mass is 16.5. The molecule has 152 valence electrons. The number of hydrogen-bond donors (Lipinski definition) is 0. The number of esters is 1. The molecule has 1 aliphatic heterocycles. The molecule has 2 atom stereocenters. The highest BCUT2D eigenvalue weighted by Crippen LogP contribution is 2.23. The molecule has 2 nitrogen and oxygen atoms in total. The van der Waals surface area contributed by atoms with Gasteiger partial charge in [0.25, 0.3) is 0 Å². The standard InChI is InChI=1S/C23H34O2.C2H6/c1-3-4-5-6-7-8-9-10-11-12-13-14-15-16-17-18-21(2)22-19-20-23(24)25-22;1-2/h4-5,7-8,10-11,13-14,16-17,21-22H,3,6,9,12,15,18-20H2,1-2H3;1-2H3/b5-4-,8-7-,11-10-,14-13-,17-16-;. The van der Waals surface area contributed by atoms with Gasteiger partial charge >= 0.3 is 5.97 Å². The van der Waals surface area contributed by atoms with E-state index in [2.05, 4.69) is 74.6 Å². The Balaban J connectivity index is 0.00000326. The van der Waals surface area contributed by atoms with Crippen molar-refractivity contribution in [2.24, 2.45) is 5.92 Å². The van der Waals surface area contributed by atoms with Crippen LogP contribution in [0.2, 0.25) is 0 Å². The van der Waals surface area contributed by atoms with Gasteiger partial charge < -0.3 is 4.74 Å². The fourth-order valence-electron chi connectivity index (χ4n) is 2.66. The van der Waals surface area contributed by atoms with Gasteiger partial charge in [-0.25, -0.2) is 0 Å². The Bertz CT molecular complexity index is 494. The molecule has 1 aliphatic rings. The number of cyclic esters (lactones) is 1. The van der Waals surface area contributed by atoms with Crippen LogP contribution in [0.15, 0.2) is 60.8 Å². The minimum Gasteiger partial charge on any atom is -0.462 e. The van der Waals surface area contributed by atoms with Gasteiger partial charge in [-0.3, -0.25) is 4.79 Å². The van der Waals surface area contributed by atoms with Crippen LogP contribution in [0.3, 0.4) is 0 Å². The first-order chi connectivity index (χ1) is 13.2. The molecule has 0 radical (unpaired) electrons. The molecular weight excluding hydrogens is 332 g/mol. The molecule has 1 fully saturated rings. The Morgan fingerprint density at radius 3 is 1.70 bits per heavy atom. The van der Waals surface area contributed by atoms with E-state index in [9.17, 15) is 4.79 Å². The quantitative estimate of drug-likeness (QED) is 0.262. The first kappa shape index (κ1) is 25.2. The lowest BCUT2D eigenvalue weighted by Gasteiger charge is -2.15. The van der Waals surface area contributed by atoms with E-state index in [1.165, 1.54) is 0 Å². The fraction of sp³-hybridized carbons (Fsp3) is 0.560. The van der Waals surface area contributed by atoms with Gasteiger partial charge in [-0.15, -0.1) is 0 Å². The lowest BCUT2D eigenvalue weighted by Crippen LogP contribution is -2.16. The number of allylic oxidation sites excluding steroid dienone is 10. The molecule has 2 heteroatoms. The molecule has 0 spiro atoms. The highest BCUT2D eigenvalue weighted by Gasteiger charge is 2.27. The minimum absolute atomic E-state index is 0.0411. The topological polar surface area (TPSA) is 26.3 Å². The molecule has 1 rings (SSSR count). The zero-order valence-corrected chi connectivity index (χ0v) is 17.9. The third-order valence-electron chi connectivity index (χ3n) is 4.22. The van der Waals surface area contributed by atoms with E-state index in [0.29, 0.717) is 12.3 Å². The molecule has 1 heterocycles. The fourth-order valence-corrected chi connectivity index (χ4v) is 2.66. The monoisotopic (exact) mass is 372 g/mol. The second kappa shape index (κ2) is 18.9. The number of carbonyl (C=O) groups excluding carboxylic acids is 1. The summed E-state index contributed by atoms with van der Waals surface area (Å²) in [4.78, 5) is 11.1. The van der Waals surface area contributed by atoms with Crippen LogP contribution in [-0.4, -0.2) is 12.1 Å². The van der Waals surface area contributed by atoms with Crippen molar-refractivity contribution in [2.45, 2.75) is 85.2 Å². The average molecular weight is 373 g/mol. The van der Waals surface area contributed by atoms with Crippen LogP contribution in [0.1, 0.15) is 79.1 Å². The molecule has 2 unspecified atom stereocenters. The number of ether oxygens (including phenoxy) is 1. The molecule has 0 amide bonds. The van der Waals surface area contributed by atoms with Crippen molar-refractivity contribution in [3.63, 3.8) is 0 Å². The zero-order valence-electron chi connectivity index (χ0n) is 17.9. The largest absolute Gasteiger partial charge is 0.462 e. The molecule has 0 saturated carbocycles.